The average molecular weight is 822 g/mol. The zero-order chi connectivity index (χ0) is 42.3. The Labute approximate surface area is 364 Å². The maximum absolute atomic E-state index is 11.0. The lowest BCUT2D eigenvalue weighted by atomic mass is 10.1. The molecule has 0 unspecified atom stereocenters. The van der Waals surface area contributed by atoms with Crippen LogP contribution in [0.3, 0.4) is 0 Å². The lowest BCUT2D eigenvalue weighted by Crippen LogP contribution is -2.06. The summed E-state index contributed by atoms with van der Waals surface area (Å²) in [5, 5.41) is 11.0. The van der Waals surface area contributed by atoms with Gasteiger partial charge in [0.2, 0.25) is 5.75 Å². The number of nitrogens with zero attached hydrogens (tertiary/aromatic N) is 1. The summed E-state index contributed by atoms with van der Waals surface area (Å²) in [6.45, 7) is 11.6. The Morgan fingerprint density at radius 2 is 0.780 bits per heavy atom. The fraction of sp³-hybridized carbons (Fsp3) is 0.755. The number of hydrogen-bond acceptors (Lipinski definition) is 6. The fourth-order valence-corrected chi connectivity index (χ4v) is 7.55. The normalized spacial score (nSPS) is 11.5. The van der Waals surface area contributed by atoms with Crippen molar-refractivity contribution in [3.8, 4) is 28.7 Å². The predicted molar refractivity (Wildman–Crippen MR) is 254 cm³/mol. The number of ether oxygens (including phenoxy) is 4. The molecule has 0 atom stereocenters. The van der Waals surface area contributed by atoms with Crippen molar-refractivity contribution in [1.82, 2.24) is 0 Å². The highest BCUT2D eigenvalue weighted by atomic mass is 16.5. The summed E-state index contributed by atoms with van der Waals surface area (Å²) in [5.74, 6) is 2.88. The van der Waals surface area contributed by atoms with Crippen molar-refractivity contribution >= 4 is 11.9 Å². The van der Waals surface area contributed by atoms with E-state index in [4.69, 9.17) is 23.9 Å². The highest BCUT2D eigenvalue weighted by Crippen LogP contribution is 2.45. The molecule has 0 radical (unpaired) electrons. The number of rotatable bonds is 42. The first kappa shape index (κ1) is 52.2. The molecule has 0 spiro atoms. The quantitative estimate of drug-likeness (QED) is 0.0534. The van der Waals surface area contributed by atoms with Crippen LogP contribution in [0.4, 0.5) is 5.69 Å². The molecule has 0 aliphatic rings. The van der Waals surface area contributed by atoms with Crippen molar-refractivity contribution in [3.63, 3.8) is 0 Å². The van der Waals surface area contributed by atoms with E-state index in [2.05, 4.69) is 27.7 Å². The summed E-state index contributed by atoms with van der Waals surface area (Å²) in [4.78, 5) is 4.91. The molecule has 0 saturated carbocycles. The number of phenolic OH excluding ortho intramolecular Hbond substituents is 1. The Morgan fingerprint density at radius 1 is 0.407 bits per heavy atom. The van der Waals surface area contributed by atoms with Crippen molar-refractivity contribution < 1.29 is 24.1 Å². The van der Waals surface area contributed by atoms with Gasteiger partial charge in [0.15, 0.2) is 11.5 Å². The van der Waals surface area contributed by atoms with Crippen LogP contribution in [0, 0.1) is 0 Å². The van der Waals surface area contributed by atoms with Crippen LogP contribution in [-0.2, 0) is 0 Å². The van der Waals surface area contributed by atoms with Crippen LogP contribution in [0.2, 0.25) is 0 Å². The minimum absolute atomic E-state index is 0.153. The molecule has 2 aromatic rings. The highest BCUT2D eigenvalue weighted by molar-refractivity contribution is 5.86. The smallest absolute Gasteiger partial charge is 0.205 e. The van der Waals surface area contributed by atoms with E-state index in [1.54, 1.807) is 12.3 Å². The van der Waals surface area contributed by atoms with E-state index in [1.807, 2.05) is 24.3 Å². The Morgan fingerprint density at radius 3 is 1.20 bits per heavy atom. The van der Waals surface area contributed by atoms with E-state index in [1.165, 1.54) is 167 Å². The summed E-state index contributed by atoms with van der Waals surface area (Å²) < 4.78 is 25.7. The maximum atomic E-state index is 11.0. The molecule has 2 rings (SSSR count). The van der Waals surface area contributed by atoms with Crippen molar-refractivity contribution in [2.24, 2.45) is 4.99 Å². The number of phenols is 1. The van der Waals surface area contributed by atoms with Crippen LogP contribution in [0.25, 0.3) is 0 Å². The first-order valence-corrected chi connectivity index (χ1v) is 25.2. The second kappa shape index (κ2) is 38.1. The largest absolute Gasteiger partial charge is 0.507 e. The second-order valence-electron chi connectivity index (χ2n) is 17.0. The van der Waals surface area contributed by atoms with E-state index >= 15 is 0 Å². The number of hydrogen-bond donors (Lipinski definition) is 1. The van der Waals surface area contributed by atoms with Gasteiger partial charge in [-0.2, -0.15) is 0 Å². The molecular formula is C53H91NO5. The third-order valence-electron chi connectivity index (χ3n) is 11.4. The van der Waals surface area contributed by atoms with E-state index in [-0.39, 0.29) is 5.75 Å². The third-order valence-corrected chi connectivity index (χ3v) is 11.4. The van der Waals surface area contributed by atoms with Crippen LogP contribution in [0.15, 0.2) is 35.3 Å². The summed E-state index contributed by atoms with van der Waals surface area (Å²) in [5.41, 5.74) is 1.32. The average Bonchev–Trinajstić information content (AvgIpc) is 3.24. The number of benzene rings is 2. The molecule has 0 fully saturated rings. The number of aromatic hydroxyl groups is 1. The molecule has 59 heavy (non-hydrogen) atoms. The van der Waals surface area contributed by atoms with Gasteiger partial charge < -0.3 is 24.1 Å². The standard InChI is InChI=1S/C53H91NO5/c1-5-9-13-17-21-25-29-33-41-56-48-38-37-47(50(55)45-48)46-54-49-39-40-51(57-42-34-30-26-22-18-14-10-6-2)53(59-44-36-32-28-24-20-16-12-8-4)52(49)58-43-35-31-27-23-19-15-11-7-3/h37-40,45-46,55H,5-36,41-44H2,1-4H3. The van der Waals surface area contributed by atoms with Crippen LogP contribution in [0.1, 0.15) is 239 Å². The minimum Gasteiger partial charge on any atom is -0.507 e. The summed E-state index contributed by atoms with van der Waals surface area (Å²) in [6.07, 6.45) is 41.8. The van der Waals surface area contributed by atoms with E-state index in [9.17, 15) is 5.11 Å². The van der Waals surface area contributed by atoms with Crippen LogP contribution in [0.5, 0.6) is 28.7 Å². The lowest BCUT2D eigenvalue weighted by Gasteiger charge is -2.19. The zero-order valence-corrected chi connectivity index (χ0v) is 38.9. The maximum Gasteiger partial charge on any atom is 0.205 e. The topological polar surface area (TPSA) is 69.5 Å². The van der Waals surface area contributed by atoms with E-state index in [0.29, 0.717) is 54.9 Å². The molecule has 0 aromatic heterocycles. The predicted octanol–water partition coefficient (Wildman–Crippen LogP) is 17.2. The van der Waals surface area contributed by atoms with Gasteiger partial charge in [-0.1, -0.05) is 207 Å². The molecular weight excluding hydrogens is 731 g/mol. The Hall–Kier alpha value is -2.89. The minimum atomic E-state index is 0.153. The fourth-order valence-electron chi connectivity index (χ4n) is 7.55. The molecule has 6 nitrogen and oxygen atoms in total. The van der Waals surface area contributed by atoms with Gasteiger partial charge in [0.25, 0.3) is 0 Å². The van der Waals surface area contributed by atoms with Crippen LogP contribution >= 0.6 is 0 Å². The molecule has 0 heterocycles. The Bertz CT molecular complexity index is 1280. The van der Waals surface area contributed by atoms with Crippen molar-refractivity contribution in [2.75, 3.05) is 26.4 Å². The second-order valence-corrected chi connectivity index (χ2v) is 17.0. The highest BCUT2D eigenvalue weighted by Gasteiger charge is 2.19. The number of aliphatic imine (C=N–C) groups is 1. The first-order valence-electron chi connectivity index (χ1n) is 25.2. The molecule has 0 saturated heterocycles. The number of unbranched alkanes of at least 4 members (excludes halogenated alkanes) is 28. The summed E-state index contributed by atoms with van der Waals surface area (Å²) in [7, 11) is 0. The van der Waals surface area contributed by atoms with Gasteiger partial charge in [-0.25, -0.2) is 0 Å². The summed E-state index contributed by atoms with van der Waals surface area (Å²) >= 11 is 0. The monoisotopic (exact) mass is 822 g/mol. The molecule has 0 bridgehead atoms. The first-order chi connectivity index (χ1) is 29.1. The molecule has 2 aromatic carbocycles. The van der Waals surface area contributed by atoms with Gasteiger partial charge in [-0.05, 0) is 49.9 Å². The lowest BCUT2D eigenvalue weighted by molar-refractivity contribution is 0.235. The van der Waals surface area contributed by atoms with Gasteiger partial charge in [0, 0.05) is 17.8 Å². The van der Waals surface area contributed by atoms with Gasteiger partial charge in [0.05, 0.1) is 26.4 Å². The van der Waals surface area contributed by atoms with Crippen LogP contribution < -0.4 is 18.9 Å². The van der Waals surface area contributed by atoms with Gasteiger partial charge in [0.1, 0.15) is 17.2 Å². The molecule has 0 aliphatic carbocycles. The Balaban J connectivity index is 2.16. The molecule has 1 N–H and O–H groups in total. The van der Waals surface area contributed by atoms with Gasteiger partial charge >= 0.3 is 0 Å². The van der Waals surface area contributed by atoms with E-state index < -0.39 is 0 Å². The Kier molecular flexibility index (Phi) is 33.7. The summed E-state index contributed by atoms with van der Waals surface area (Å²) in [6, 6.07) is 9.47. The van der Waals surface area contributed by atoms with Crippen molar-refractivity contribution in [2.45, 2.75) is 233 Å². The molecule has 6 heteroatoms. The molecule has 0 aliphatic heterocycles. The molecule has 338 valence electrons. The van der Waals surface area contributed by atoms with Gasteiger partial charge in [-0.15, -0.1) is 0 Å². The molecule has 0 amide bonds. The van der Waals surface area contributed by atoms with Gasteiger partial charge in [-0.3, -0.25) is 4.99 Å². The van der Waals surface area contributed by atoms with Crippen LogP contribution in [-0.4, -0.2) is 37.7 Å². The van der Waals surface area contributed by atoms with Crippen molar-refractivity contribution in [3.05, 3.63) is 35.9 Å². The van der Waals surface area contributed by atoms with E-state index in [0.717, 1.165) is 44.3 Å². The SMILES string of the molecule is CCCCCCCCCCOc1ccc(C=Nc2ccc(OCCCCCCCCCC)c(OCCCCCCCCCC)c2OCCCCCCCCCC)c(O)c1. The zero-order valence-electron chi connectivity index (χ0n) is 38.9. The third kappa shape index (κ3) is 26.8. The van der Waals surface area contributed by atoms with Crippen molar-refractivity contribution in [1.29, 1.82) is 0 Å².